The third kappa shape index (κ3) is 3.88. The maximum absolute atomic E-state index is 11.4. The number of ether oxygens (including phenoxy) is 1. The lowest BCUT2D eigenvalue weighted by molar-refractivity contribution is 0.0996. The van der Waals surface area contributed by atoms with Crippen molar-refractivity contribution < 1.29 is 9.53 Å². The molecule has 0 atom stereocenters. The number of aromatic amines is 1. The van der Waals surface area contributed by atoms with Gasteiger partial charge in [-0.25, -0.2) is 0 Å². The van der Waals surface area contributed by atoms with E-state index in [0.717, 1.165) is 30.6 Å². The zero-order valence-corrected chi connectivity index (χ0v) is 12.1. The number of rotatable bonds is 8. The minimum absolute atomic E-state index is 0.147. The zero-order valence-electron chi connectivity index (χ0n) is 12.1. The maximum atomic E-state index is 11.4. The molecule has 3 N–H and O–H groups in total. The van der Waals surface area contributed by atoms with Gasteiger partial charge < -0.3 is 10.5 Å². The van der Waals surface area contributed by atoms with Crippen molar-refractivity contribution in [2.45, 2.75) is 32.8 Å². The van der Waals surface area contributed by atoms with E-state index in [0.29, 0.717) is 12.3 Å². The van der Waals surface area contributed by atoms with Crippen molar-refractivity contribution in [2.24, 2.45) is 5.73 Å². The summed E-state index contributed by atoms with van der Waals surface area (Å²) in [5.41, 5.74) is 7.70. The molecule has 1 aromatic heterocycles. The lowest BCUT2D eigenvalue weighted by Gasteiger charge is -2.08. The van der Waals surface area contributed by atoms with Gasteiger partial charge in [-0.2, -0.15) is 15.4 Å². The van der Waals surface area contributed by atoms with Gasteiger partial charge in [-0.1, -0.05) is 44.0 Å². The summed E-state index contributed by atoms with van der Waals surface area (Å²) in [5, 5.41) is 10.3. The largest absolute Gasteiger partial charge is 0.377 e. The Balaban J connectivity index is 2.13. The molecular weight excluding hydrogens is 268 g/mol. The molecule has 6 nitrogen and oxygen atoms in total. The van der Waals surface area contributed by atoms with Gasteiger partial charge in [0.25, 0.3) is 5.91 Å². The van der Waals surface area contributed by atoms with Crippen molar-refractivity contribution in [1.29, 1.82) is 0 Å². The Labute approximate surface area is 123 Å². The van der Waals surface area contributed by atoms with Crippen LogP contribution in [-0.2, 0) is 11.3 Å². The molecule has 0 bridgehead atoms. The zero-order chi connectivity index (χ0) is 15.1. The second-order valence-corrected chi connectivity index (χ2v) is 4.80. The summed E-state index contributed by atoms with van der Waals surface area (Å²) in [6, 6.07) is 7.65. The fourth-order valence-corrected chi connectivity index (χ4v) is 2.10. The SMILES string of the molecule is CCCCCOCc1ccccc1-c1n[nH]nc1C(N)=O. The van der Waals surface area contributed by atoms with E-state index in [1.54, 1.807) is 0 Å². The highest BCUT2D eigenvalue weighted by atomic mass is 16.5. The van der Waals surface area contributed by atoms with Crippen LogP contribution >= 0.6 is 0 Å². The molecule has 1 aromatic carbocycles. The highest BCUT2D eigenvalue weighted by molar-refractivity contribution is 5.96. The molecule has 0 spiro atoms. The van der Waals surface area contributed by atoms with Gasteiger partial charge in [-0.3, -0.25) is 4.79 Å². The van der Waals surface area contributed by atoms with Crippen molar-refractivity contribution in [1.82, 2.24) is 15.4 Å². The standard InChI is InChI=1S/C15H20N4O2/c1-2-3-6-9-21-10-11-7-4-5-8-12(11)13-14(15(16)20)18-19-17-13/h4-5,7-8H,2-3,6,9-10H2,1H3,(H2,16,20)(H,17,18,19). The number of H-pyrrole nitrogens is 1. The topological polar surface area (TPSA) is 93.9 Å². The van der Waals surface area contributed by atoms with E-state index in [1.807, 2.05) is 24.3 Å². The molecule has 0 saturated heterocycles. The lowest BCUT2D eigenvalue weighted by Crippen LogP contribution is -2.13. The number of carbonyl (C=O) groups is 1. The number of nitrogens with two attached hydrogens (primary N) is 1. The molecule has 0 unspecified atom stereocenters. The van der Waals surface area contributed by atoms with Crippen LogP contribution in [0.3, 0.4) is 0 Å². The third-order valence-corrected chi connectivity index (χ3v) is 3.20. The van der Waals surface area contributed by atoms with Crippen molar-refractivity contribution >= 4 is 5.91 Å². The van der Waals surface area contributed by atoms with Crippen molar-refractivity contribution in [3.8, 4) is 11.3 Å². The lowest BCUT2D eigenvalue weighted by atomic mass is 10.0. The second kappa shape index (κ2) is 7.54. The Hall–Kier alpha value is -2.21. The van der Waals surface area contributed by atoms with Crippen LogP contribution in [0.4, 0.5) is 0 Å². The molecule has 1 amide bonds. The first-order valence-electron chi connectivity index (χ1n) is 7.10. The fourth-order valence-electron chi connectivity index (χ4n) is 2.10. The Morgan fingerprint density at radius 3 is 2.86 bits per heavy atom. The third-order valence-electron chi connectivity index (χ3n) is 3.20. The first kappa shape index (κ1) is 15.2. The van der Waals surface area contributed by atoms with Crippen LogP contribution in [0.5, 0.6) is 0 Å². The number of unbranched alkanes of at least 4 members (excludes halogenated alkanes) is 2. The molecule has 0 radical (unpaired) electrons. The minimum Gasteiger partial charge on any atom is -0.377 e. The number of carbonyl (C=O) groups excluding carboxylic acids is 1. The molecule has 1 heterocycles. The number of hydrogen-bond donors (Lipinski definition) is 2. The van der Waals surface area contributed by atoms with E-state index in [4.69, 9.17) is 10.5 Å². The van der Waals surface area contributed by atoms with Gasteiger partial charge >= 0.3 is 0 Å². The molecule has 2 rings (SSSR count). The van der Waals surface area contributed by atoms with Gasteiger partial charge in [0.1, 0.15) is 5.69 Å². The molecule has 6 heteroatoms. The van der Waals surface area contributed by atoms with Crippen LogP contribution < -0.4 is 5.73 Å². The number of amides is 1. The highest BCUT2D eigenvalue weighted by Gasteiger charge is 2.17. The first-order valence-corrected chi connectivity index (χ1v) is 7.10. The van der Waals surface area contributed by atoms with Crippen molar-refractivity contribution in [3.05, 3.63) is 35.5 Å². The molecule has 0 aliphatic rings. The minimum atomic E-state index is -0.600. The van der Waals surface area contributed by atoms with Gasteiger partial charge in [-0.15, -0.1) is 0 Å². The highest BCUT2D eigenvalue weighted by Crippen LogP contribution is 2.24. The number of nitrogens with one attached hydrogen (secondary N) is 1. The van der Waals surface area contributed by atoms with Crippen LogP contribution in [0.1, 0.15) is 42.2 Å². The van der Waals surface area contributed by atoms with Gasteiger partial charge in [0, 0.05) is 12.2 Å². The van der Waals surface area contributed by atoms with Gasteiger partial charge in [-0.05, 0) is 12.0 Å². The van der Waals surface area contributed by atoms with E-state index in [9.17, 15) is 4.79 Å². The monoisotopic (exact) mass is 288 g/mol. The first-order chi connectivity index (χ1) is 10.2. The summed E-state index contributed by atoms with van der Waals surface area (Å²) >= 11 is 0. The van der Waals surface area contributed by atoms with E-state index in [-0.39, 0.29) is 5.69 Å². The number of aromatic nitrogens is 3. The average Bonchev–Trinajstić information content (AvgIpc) is 2.97. The van der Waals surface area contributed by atoms with Gasteiger partial charge in [0.15, 0.2) is 5.69 Å². The number of hydrogen-bond acceptors (Lipinski definition) is 4. The Kier molecular flexibility index (Phi) is 5.45. The summed E-state index contributed by atoms with van der Waals surface area (Å²) in [5.74, 6) is -0.600. The van der Waals surface area contributed by atoms with E-state index in [1.165, 1.54) is 6.42 Å². The van der Waals surface area contributed by atoms with Crippen LogP contribution in [0, 0.1) is 0 Å². The smallest absolute Gasteiger partial charge is 0.271 e. The quantitative estimate of drug-likeness (QED) is 0.729. The molecule has 0 aliphatic carbocycles. The average molecular weight is 288 g/mol. The molecule has 0 saturated carbocycles. The molecule has 2 aromatic rings. The molecule has 112 valence electrons. The van der Waals surface area contributed by atoms with Crippen molar-refractivity contribution in [3.63, 3.8) is 0 Å². The van der Waals surface area contributed by atoms with E-state index in [2.05, 4.69) is 22.3 Å². The second-order valence-electron chi connectivity index (χ2n) is 4.80. The Morgan fingerprint density at radius 2 is 2.10 bits per heavy atom. The summed E-state index contributed by atoms with van der Waals surface area (Å²) in [6.07, 6.45) is 3.38. The Morgan fingerprint density at radius 1 is 1.29 bits per heavy atom. The number of nitrogens with zero attached hydrogens (tertiary/aromatic N) is 2. The van der Waals surface area contributed by atoms with Crippen LogP contribution in [-0.4, -0.2) is 27.9 Å². The fraction of sp³-hybridized carbons (Fsp3) is 0.400. The predicted molar refractivity (Wildman–Crippen MR) is 79.5 cm³/mol. The predicted octanol–water partition coefficient (Wildman–Crippen LogP) is 2.28. The van der Waals surface area contributed by atoms with Gasteiger partial charge in [0.05, 0.1) is 6.61 Å². The van der Waals surface area contributed by atoms with Gasteiger partial charge in [0.2, 0.25) is 0 Å². The molecule has 21 heavy (non-hydrogen) atoms. The van der Waals surface area contributed by atoms with Crippen LogP contribution in [0.15, 0.2) is 24.3 Å². The van der Waals surface area contributed by atoms with Crippen LogP contribution in [0.2, 0.25) is 0 Å². The van der Waals surface area contributed by atoms with E-state index < -0.39 is 5.91 Å². The van der Waals surface area contributed by atoms with Crippen molar-refractivity contribution in [2.75, 3.05) is 6.61 Å². The summed E-state index contributed by atoms with van der Waals surface area (Å²) < 4.78 is 5.69. The summed E-state index contributed by atoms with van der Waals surface area (Å²) in [4.78, 5) is 11.4. The van der Waals surface area contributed by atoms with E-state index >= 15 is 0 Å². The summed E-state index contributed by atoms with van der Waals surface area (Å²) in [6.45, 7) is 3.36. The molecule has 0 aliphatic heterocycles. The normalized spacial score (nSPS) is 10.7. The molecule has 0 fully saturated rings. The Bertz CT molecular complexity index is 595. The molecular formula is C15H20N4O2. The maximum Gasteiger partial charge on any atom is 0.271 e. The number of primary amides is 1. The summed E-state index contributed by atoms with van der Waals surface area (Å²) in [7, 11) is 0. The van der Waals surface area contributed by atoms with Crippen LogP contribution in [0.25, 0.3) is 11.3 Å². The number of benzene rings is 1.